The van der Waals surface area contributed by atoms with Gasteiger partial charge in [-0.05, 0) is 75.0 Å². The van der Waals surface area contributed by atoms with Gasteiger partial charge in [0.05, 0.1) is 5.60 Å². The number of halogens is 1. The van der Waals surface area contributed by atoms with Gasteiger partial charge in [-0.15, -0.1) is 0 Å². The lowest BCUT2D eigenvalue weighted by Crippen LogP contribution is -2.29. The van der Waals surface area contributed by atoms with Gasteiger partial charge in [0.2, 0.25) is 5.91 Å². The molecule has 1 aliphatic rings. The summed E-state index contributed by atoms with van der Waals surface area (Å²) in [5.74, 6) is 0.0692. The second-order valence-corrected chi connectivity index (χ2v) is 9.30. The number of carbonyl (C=O) groups is 1. The highest BCUT2D eigenvalue weighted by molar-refractivity contribution is 6.32. The Balaban J connectivity index is 2.32. The number of hydrogen-bond donors (Lipinski definition) is 1. The van der Waals surface area contributed by atoms with Gasteiger partial charge in [-0.2, -0.15) is 0 Å². The molecule has 2 rings (SSSR count). The summed E-state index contributed by atoms with van der Waals surface area (Å²) >= 11 is 6.74. The summed E-state index contributed by atoms with van der Waals surface area (Å²) in [5.41, 5.74) is 3.46. The first-order chi connectivity index (χ1) is 15.3. The highest BCUT2D eigenvalue weighted by Crippen LogP contribution is 2.42. The number of aliphatic hydroxyl groups is 1. The van der Waals surface area contributed by atoms with Crippen molar-refractivity contribution in [1.29, 1.82) is 0 Å². The smallest absolute Gasteiger partial charge is 0.219 e. The van der Waals surface area contributed by atoms with Gasteiger partial charge in [-0.1, -0.05) is 48.4 Å². The Morgan fingerprint density at radius 1 is 1.22 bits per heavy atom. The molecule has 1 atom stereocenters. The molecule has 1 aliphatic carbocycles. The Morgan fingerprint density at radius 3 is 2.59 bits per heavy atom. The predicted molar refractivity (Wildman–Crippen MR) is 134 cm³/mol. The van der Waals surface area contributed by atoms with Crippen molar-refractivity contribution in [2.24, 2.45) is 0 Å². The van der Waals surface area contributed by atoms with Gasteiger partial charge in [-0.25, -0.2) is 0 Å². The molecule has 1 unspecified atom stereocenters. The molecule has 5 heteroatoms. The van der Waals surface area contributed by atoms with Gasteiger partial charge in [0, 0.05) is 44.8 Å². The SMILES string of the molecule is CCC1=CC(c2c(Cl)cccc2C(O)(CCCCOC)CCCCN(C)C(C)=O)=CCC1. The number of unbranched alkanes of at least 4 members (excludes halogenated alkanes) is 2. The standard InChI is InChI=1S/C27H40ClNO3/c1-5-22-12-10-13-23(20-22)26-24(14-11-15-25(26)28)27(31,17-7-9-19-32-4)16-6-8-18-29(3)21(2)30/h11,13-15,20,31H,5-10,12,16-19H2,1-4H3. The number of amides is 1. The lowest BCUT2D eigenvalue weighted by molar-refractivity contribution is -0.127. The fourth-order valence-electron chi connectivity index (χ4n) is 4.40. The number of carbonyl (C=O) groups excluding carboxylic acids is 1. The van der Waals surface area contributed by atoms with Crippen LogP contribution in [0.2, 0.25) is 5.02 Å². The number of rotatable bonds is 13. The Labute approximate surface area is 199 Å². The summed E-state index contributed by atoms with van der Waals surface area (Å²) in [4.78, 5) is 13.2. The van der Waals surface area contributed by atoms with Gasteiger partial charge in [0.25, 0.3) is 0 Å². The first-order valence-electron chi connectivity index (χ1n) is 11.9. The van der Waals surface area contributed by atoms with E-state index in [1.165, 1.54) is 5.57 Å². The van der Waals surface area contributed by atoms with Gasteiger partial charge in [0.1, 0.15) is 0 Å². The van der Waals surface area contributed by atoms with E-state index in [1.54, 1.807) is 18.9 Å². The maximum atomic E-state index is 12.0. The summed E-state index contributed by atoms with van der Waals surface area (Å²) in [6.07, 6.45) is 12.4. The number of ether oxygens (including phenoxy) is 1. The van der Waals surface area contributed by atoms with Crippen LogP contribution in [-0.2, 0) is 15.1 Å². The van der Waals surface area contributed by atoms with E-state index >= 15 is 0 Å². The Kier molecular flexibility index (Phi) is 11.0. The summed E-state index contributed by atoms with van der Waals surface area (Å²) in [5, 5.41) is 12.7. The molecule has 0 bridgehead atoms. The van der Waals surface area contributed by atoms with E-state index in [2.05, 4.69) is 19.1 Å². The topological polar surface area (TPSA) is 49.8 Å². The Bertz CT molecular complexity index is 817. The molecule has 0 aromatic heterocycles. The zero-order valence-corrected chi connectivity index (χ0v) is 21.0. The number of methoxy groups -OCH3 is 1. The van der Waals surface area contributed by atoms with E-state index in [0.29, 0.717) is 31.0 Å². The van der Waals surface area contributed by atoms with Crippen molar-refractivity contribution >= 4 is 23.1 Å². The van der Waals surface area contributed by atoms with Crippen LogP contribution in [0.25, 0.3) is 5.57 Å². The minimum atomic E-state index is -0.971. The van der Waals surface area contributed by atoms with Crippen molar-refractivity contribution in [3.63, 3.8) is 0 Å². The van der Waals surface area contributed by atoms with E-state index in [4.69, 9.17) is 16.3 Å². The molecule has 0 aliphatic heterocycles. The maximum Gasteiger partial charge on any atom is 0.219 e. The van der Waals surface area contributed by atoms with E-state index in [9.17, 15) is 9.90 Å². The van der Waals surface area contributed by atoms with Crippen molar-refractivity contribution in [1.82, 2.24) is 4.90 Å². The van der Waals surface area contributed by atoms with Crippen LogP contribution < -0.4 is 0 Å². The molecular formula is C27H40ClNO3. The first kappa shape index (κ1) is 26.6. The van der Waals surface area contributed by atoms with Crippen molar-refractivity contribution in [2.75, 3.05) is 27.3 Å². The molecule has 1 aromatic carbocycles. The van der Waals surface area contributed by atoms with Crippen LogP contribution in [-0.4, -0.2) is 43.2 Å². The molecule has 1 N–H and O–H groups in total. The molecule has 0 spiro atoms. The molecule has 0 saturated heterocycles. The van der Waals surface area contributed by atoms with E-state index in [0.717, 1.165) is 61.6 Å². The van der Waals surface area contributed by atoms with Gasteiger partial charge >= 0.3 is 0 Å². The van der Waals surface area contributed by atoms with Crippen LogP contribution in [0.15, 0.2) is 35.9 Å². The van der Waals surface area contributed by atoms with Crippen LogP contribution in [0.1, 0.15) is 82.8 Å². The van der Waals surface area contributed by atoms with Crippen molar-refractivity contribution in [3.05, 3.63) is 52.1 Å². The summed E-state index contributed by atoms with van der Waals surface area (Å²) < 4.78 is 5.21. The third-order valence-electron chi connectivity index (χ3n) is 6.51. The van der Waals surface area contributed by atoms with E-state index in [-0.39, 0.29) is 5.91 Å². The van der Waals surface area contributed by atoms with Crippen LogP contribution in [0.4, 0.5) is 0 Å². The average molecular weight is 462 g/mol. The molecule has 1 aromatic rings. The first-order valence-corrected chi connectivity index (χ1v) is 12.3. The van der Waals surface area contributed by atoms with Crippen LogP contribution >= 0.6 is 11.6 Å². The minimum Gasteiger partial charge on any atom is -0.385 e. The fourth-order valence-corrected chi connectivity index (χ4v) is 4.69. The average Bonchev–Trinajstić information content (AvgIpc) is 2.79. The molecule has 178 valence electrons. The van der Waals surface area contributed by atoms with Crippen molar-refractivity contribution < 1.29 is 14.6 Å². The Hall–Kier alpha value is -1.62. The monoisotopic (exact) mass is 461 g/mol. The number of benzene rings is 1. The predicted octanol–water partition coefficient (Wildman–Crippen LogP) is 6.51. The quantitative estimate of drug-likeness (QED) is 0.341. The van der Waals surface area contributed by atoms with Crippen LogP contribution in [0, 0.1) is 0 Å². The maximum absolute atomic E-state index is 12.0. The lowest BCUT2D eigenvalue weighted by atomic mass is 9.79. The molecule has 0 fully saturated rings. The van der Waals surface area contributed by atoms with E-state index in [1.807, 2.05) is 25.2 Å². The second-order valence-electron chi connectivity index (χ2n) is 8.90. The normalized spacial score (nSPS) is 15.7. The number of nitrogens with zero attached hydrogens (tertiary/aromatic N) is 1. The largest absolute Gasteiger partial charge is 0.385 e. The van der Waals surface area contributed by atoms with Crippen molar-refractivity contribution in [3.8, 4) is 0 Å². The molecule has 32 heavy (non-hydrogen) atoms. The third-order valence-corrected chi connectivity index (χ3v) is 6.82. The molecule has 0 saturated carbocycles. The van der Waals surface area contributed by atoms with E-state index < -0.39 is 5.60 Å². The molecule has 0 heterocycles. The Morgan fingerprint density at radius 2 is 1.94 bits per heavy atom. The lowest BCUT2D eigenvalue weighted by Gasteiger charge is -2.32. The second kappa shape index (κ2) is 13.2. The highest BCUT2D eigenvalue weighted by Gasteiger charge is 2.32. The third kappa shape index (κ3) is 7.47. The van der Waals surface area contributed by atoms with Gasteiger partial charge < -0.3 is 14.7 Å². The highest BCUT2D eigenvalue weighted by atomic mass is 35.5. The van der Waals surface area contributed by atoms with Crippen molar-refractivity contribution in [2.45, 2.75) is 77.2 Å². The number of allylic oxidation sites excluding steroid dienone is 4. The molecule has 4 nitrogen and oxygen atoms in total. The number of hydrogen-bond acceptors (Lipinski definition) is 3. The zero-order valence-electron chi connectivity index (χ0n) is 20.3. The molecular weight excluding hydrogens is 422 g/mol. The van der Waals surface area contributed by atoms with Crippen LogP contribution in [0.5, 0.6) is 0 Å². The molecule has 1 amide bonds. The van der Waals surface area contributed by atoms with Gasteiger partial charge in [0.15, 0.2) is 0 Å². The summed E-state index contributed by atoms with van der Waals surface area (Å²) in [6, 6.07) is 5.90. The van der Waals surface area contributed by atoms with Gasteiger partial charge in [-0.3, -0.25) is 4.79 Å². The zero-order chi connectivity index (χ0) is 23.6. The molecule has 0 radical (unpaired) electrons. The fraction of sp³-hybridized carbons (Fsp3) is 0.593. The summed E-state index contributed by atoms with van der Waals surface area (Å²) in [6.45, 7) is 5.16. The van der Waals surface area contributed by atoms with Crippen LogP contribution in [0.3, 0.4) is 0 Å². The summed E-state index contributed by atoms with van der Waals surface area (Å²) in [7, 11) is 3.53. The minimum absolute atomic E-state index is 0.0692.